The molecule has 17 heteroatoms. The molecule has 7 heterocycles. The lowest BCUT2D eigenvalue weighted by molar-refractivity contribution is -0.290. The maximum absolute atomic E-state index is 14.1. The van der Waals surface area contributed by atoms with Crippen LogP contribution in [0.2, 0.25) is 0 Å². The maximum atomic E-state index is 14.1. The molecule has 15 nitrogen and oxygen atoms in total. The molecular weight excluding hydrogens is 895 g/mol. The standard InChI is InChI=1S/C33H42FN5O4.C20H20FN5O/c1-20(2)29-26(16-15-23-18-24(42-33(6,7)41-23)19-27(40)43-32(3,4)5)28(21-11-13-22(34)14-12-21)25-10-8-9-17-39-31(30(25)35-29)36-37-38-39;1-12(2)18-16(11-27)17(13-6-8-14(21)9-7-13)15-5-3-4-10-26-20(19(15)22-18)23-24-25-26/h11-16,20,23-24H,8-10,17-19H2,1-7H3;6-9,11-12H,3-5,10H2,1-2H3/b16-15+;/t23-,24-;/m1./s1. The van der Waals surface area contributed by atoms with Gasteiger partial charge < -0.3 is 14.2 Å². The first-order valence-electron chi connectivity index (χ1n) is 24.3. The van der Waals surface area contributed by atoms with Crippen molar-refractivity contribution in [3.63, 3.8) is 0 Å². The lowest BCUT2D eigenvalue weighted by Gasteiger charge is -2.40. The van der Waals surface area contributed by atoms with Crippen LogP contribution >= 0.6 is 0 Å². The zero-order chi connectivity index (χ0) is 49.9. The number of ether oxygens (including phenoxy) is 3. The number of esters is 1. The smallest absolute Gasteiger partial charge is 0.308 e. The molecule has 0 spiro atoms. The number of benzene rings is 2. The Morgan fingerprint density at radius 1 is 0.757 bits per heavy atom. The number of hydrogen-bond acceptors (Lipinski definition) is 13. The van der Waals surface area contributed by atoms with Crippen LogP contribution in [0.15, 0.2) is 54.6 Å². The molecule has 368 valence electrons. The molecule has 3 aliphatic rings. The predicted octanol–water partition coefficient (Wildman–Crippen LogP) is 10.5. The van der Waals surface area contributed by atoms with Gasteiger partial charge in [-0.2, -0.15) is 0 Å². The number of aromatic nitrogens is 10. The average Bonchev–Trinajstić information content (AvgIpc) is 3.95. The Bertz CT molecular complexity index is 2870. The largest absolute Gasteiger partial charge is 0.460 e. The lowest BCUT2D eigenvalue weighted by Crippen LogP contribution is -2.45. The van der Waals surface area contributed by atoms with Crippen molar-refractivity contribution < 1.29 is 32.6 Å². The van der Waals surface area contributed by atoms with Crippen molar-refractivity contribution in [1.29, 1.82) is 0 Å². The van der Waals surface area contributed by atoms with Gasteiger partial charge in [-0.1, -0.05) is 64.1 Å². The number of fused-ring (bicyclic) bond motifs is 6. The Kier molecular flexibility index (Phi) is 14.9. The molecule has 0 aliphatic carbocycles. The van der Waals surface area contributed by atoms with Gasteiger partial charge >= 0.3 is 5.97 Å². The van der Waals surface area contributed by atoms with Gasteiger partial charge in [-0.15, -0.1) is 10.2 Å². The number of carbonyl (C=O) groups is 2. The number of carbonyl (C=O) groups excluding carboxylic acids is 2. The number of hydrogen-bond donors (Lipinski definition) is 0. The van der Waals surface area contributed by atoms with E-state index in [1.807, 2.05) is 71.4 Å². The molecule has 0 radical (unpaired) electrons. The van der Waals surface area contributed by atoms with Crippen molar-refractivity contribution in [2.45, 2.75) is 162 Å². The van der Waals surface area contributed by atoms with Crippen molar-refractivity contribution in [1.82, 2.24) is 50.4 Å². The molecule has 0 unspecified atom stereocenters. The Labute approximate surface area is 407 Å². The molecule has 9 rings (SSSR count). The van der Waals surface area contributed by atoms with Gasteiger partial charge in [0.1, 0.15) is 28.6 Å². The van der Waals surface area contributed by atoms with Crippen molar-refractivity contribution in [2.75, 3.05) is 0 Å². The molecule has 1 saturated heterocycles. The van der Waals surface area contributed by atoms with Gasteiger partial charge in [0.25, 0.3) is 0 Å². The molecule has 0 amide bonds. The summed E-state index contributed by atoms with van der Waals surface area (Å²) in [5.41, 5.74) is 9.54. The van der Waals surface area contributed by atoms with Crippen LogP contribution < -0.4 is 0 Å². The number of aryl methyl sites for hydroxylation is 2. The Morgan fingerprint density at radius 2 is 1.24 bits per heavy atom. The summed E-state index contributed by atoms with van der Waals surface area (Å²) < 4.78 is 49.1. The highest BCUT2D eigenvalue weighted by Crippen LogP contribution is 2.41. The summed E-state index contributed by atoms with van der Waals surface area (Å²) in [5, 5.41) is 24.6. The van der Waals surface area contributed by atoms with E-state index >= 15 is 0 Å². The Balaban J connectivity index is 0.000000209. The van der Waals surface area contributed by atoms with Crippen molar-refractivity contribution in [2.24, 2.45) is 0 Å². The van der Waals surface area contributed by atoms with Gasteiger partial charge in [0.05, 0.1) is 30.0 Å². The van der Waals surface area contributed by atoms with E-state index in [1.54, 1.807) is 16.8 Å². The third-order valence-electron chi connectivity index (χ3n) is 12.5. The first kappa shape index (κ1) is 49.9. The fourth-order valence-electron chi connectivity index (χ4n) is 9.57. The number of tetrazole rings is 2. The number of rotatable bonds is 9. The van der Waals surface area contributed by atoms with Crippen LogP contribution in [0.25, 0.3) is 51.4 Å². The highest BCUT2D eigenvalue weighted by Gasteiger charge is 2.37. The van der Waals surface area contributed by atoms with E-state index in [-0.39, 0.29) is 48.1 Å². The molecular formula is C53H62F2N10O5. The molecule has 1 fully saturated rings. The number of aldehydes is 1. The molecule has 3 aliphatic heterocycles. The third-order valence-corrected chi connectivity index (χ3v) is 12.5. The summed E-state index contributed by atoms with van der Waals surface area (Å²) in [6.45, 7) is 19.0. The summed E-state index contributed by atoms with van der Waals surface area (Å²) in [4.78, 5) is 34.7. The van der Waals surface area contributed by atoms with Crippen LogP contribution in [0.5, 0.6) is 0 Å². The molecule has 4 aromatic heterocycles. The van der Waals surface area contributed by atoms with E-state index in [4.69, 9.17) is 24.2 Å². The summed E-state index contributed by atoms with van der Waals surface area (Å²) in [5.74, 6) is -0.400. The minimum atomic E-state index is -0.887. The van der Waals surface area contributed by atoms with Gasteiger partial charge in [0.2, 0.25) is 11.6 Å². The quantitative estimate of drug-likeness (QED) is 0.0990. The first-order chi connectivity index (χ1) is 33.4. The van der Waals surface area contributed by atoms with Crippen LogP contribution in [0.1, 0.15) is 151 Å². The highest BCUT2D eigenvalue weighted by atomic mass is 19.1. The molecule has 0 N–H and O–H groups in total. The normalized spacial score (nSPS) is 17.8. The van der Waals surface area contributed by atoms with E-state index in [9.17, 15) is 18.4 Å². The minimum Gasteiger partial charge on any atom is -0.460 e. The zero-order valence-corrected chi connectivity index (χ0v) is 41.5. The van der Waals surface area contributed by atoms with Gasteiger partial charge in [-0.25, -0.2) is 28.1 Å². The third kappa shape index (κ3) is 11.3. The molecule has 0 saturated carbocycles. The topological polar surface area (TPSA) is 175 Å². The van der Waals surface area contributed by atoms with Crippen molar-refractivity contribution in [3.8, 4) is 45.3 Å². The van der Waals surface area contributed by atoms with Crippen LogP contribution in [0.3, 0.4) is 0 Å². The monoisotopic (exact) mass is 956 g/mol. The van der Waals surface area contributed by atoms with E-state index < -0.39 is 11.4 Å². The second-order valence-electron chi connectivity index (χ2n) is 20.2. The lowest BCUT2D eigenvalue weighted by atomic mass is 9.86. The summed E-state index contributed by atoms with van der Waals surface area (Å²) in [6.07, 6.45) is 10.2. The molecule has 0 bridgehead atoms. The number of nitrogens with zero attached hydrogens (tertiary/aromatic N) is 10. The van der Waals surface area contributed by atoms with E-state index in [2.05, 4.69) is 51.0 Å². The summed E-state index contributed by atoms with van der Waals surface area (Å²) >= 11 is 0. The van der Waals surface area contributed by atoms with Crippen LogP contribution in [-0.4, -0.2) is 86.2 Å². The van der Waals surface area contributed by atoms with Crippen molar-refractivity contribution >= 4 is 18.3 Å². The van der Waals surface area contributed by atoms with Gasteiger partial charge in [0, 0.05) is 30.6 Å². The van der Waals surface area contributed by atoms with E-state index in [0.29, 0.717) is 35.0 Å². The fourth-order valence-corrected chi connectivity index (χ4v) is 9.57. The summed E-state index contributed by atoms with van der Waals surface area (Å²) in [6, 6.07) is 12.9. The second kappa shape index (κ2) is 20.9. The van der Waals surface area contributed by atoms with Crippen LogP contribution in [0.4, 0.5) is 8.78 Å². The summed E-state index contributed by atoms with van der Waals surface area (Å²) in [7, 11) is 0. The van der Waals surface area contributed by atoms with Crippen LogP contribution in [-0.2, 0) is 44.9 Å². The van der Waals surface area contributed by atoms with Crippen LogP contribution in [0, 0.1) is 11.6 Å². The highest BCUT2D eigenvalue weighted by molar-refractivity contribution is 5.93. The maximum Gasteiger partial charge on any atom is 0.308 e. The second-order valence-corrected chi connectivity index (χ2v) is 20.2. The molecule has 70 heavy (non-hydrogen) atoms. The van der Waals surface area contributed by atoms with E-state index in [1.165, 1.54) is 24.3 Å². The number of pyridine rings is 2. The molecule has 6 aromatic rings. The van der Waals surface area contributed by atoms with Crippen molar-refractivity contribution in [3.05, 3.63) is 99.9 Å². The van der Waals surface area contributed by atoms with Gasteiger partial charge in [0.15, 0.2) is 12.1 Å². The SMILES string of the molecule is CC(C)c1nc2c(c(-c3ccc(F)cc3)c1/C=C/[C@@H]1C[C@H](CC(=O)OC(C)(C)C)OC(C)(C)O1)CCCCn1nnnc1-2.CC(C)c1nc2c(c(-c3ccc(F)cc3)c1C=O)CCCCn1nnnc1-2. The van der Waals surface area contributed by atoms with Gasteiger partial charge in [-0.05, 0) is 163 Å². The average molecular weight is 957 g/mol. The van der Waals surface area contributed by atoms with E-state index in [0.717, 1.165) is 108 Å². The Morgan fingerprint density at radius 3 is 1.71 bits per heavy atom. The zero-order valence-electron chi connectivity index (χ0n) is 41.5. The number of halogens is 2. The predicted molar refractivity (Wildman–Crippen MR) is 260 cm³/mol. The van der Waals surface area contributed by atoms with Gasteiger partial charge in [-0.3, -0.25) is 9.59 Å². The fraction of sp³-hybridized carbons (Fsp3) is 0.472. The molecule has 2 aromatic carbocycles. The molecule has 2 atom stereocenters. The Hall–Kier alpha value is -6.46. The first-order valence-corrected chi connectivity index (χ1v) is 24.3. The minimum absolute atomic E-state index is 0.0458.